The summed E-state index contributed by atoms with van der Waals surface area (Å²) < 4.78 is 23.9. The number of pyridine rings is 1. The summed E-state index contributed by atoms with van der Waals surface area (Å²) in [6, 6.07) is 20.1. The first-order chi connectivity index (χ1) is 27.6. The van der Waals surface area contributed by atoms with Crippen LogP contribution in [-0.4, -0.2) is 72.4 Å². The lowest BCUT2D eigenvalue weighted by Gasteiger charge is -2.47. The largest absolute Gasteiger partial charge is 0.455 e. The molecule has 1 atom stereocenters. The average molecular weight is 805 g/mol. The fraction of sp³-hybridized carbons (Fsp3) is 0.310. The van der Waals surface area contributed by atoms with Crippen LogP contribution >= 0.6 is 11.6 Å². The molecule has 1 spiro atoms. The van der Waals surface area contributed by atoms with Crippen LogP contribution in [0.1, 0.15) is 54.4 Å². The number of non-ortho nitro benzene ring substituents is 1. The first-order valence-corrected chi connectivity index (χ1v) is 20.7. The molecule has 2 fully saturated rings. The van der Waals surface area contributed by atoms with Crippen LogP contribution in [0.15, 0.2) is 95.8 Å². The van der Waals surface area contributed by atoms with E-state index in [1.54, 1.807) is 31.7 Å². The lowest BCUT2D eigenvalue weighted by atomic mass is 9.59. The number of ether oxygens (including phenoxy) is 1. The zero-order chi connectivity index (χ0) is 39.3. The van der Waals surface area contributed by atoms with Crippen LogP contribution in [0.5, 0.6) is 11.5 Å². The summed E-state index contributed by atoms with van der Waals surface area (Å²) in [6.07, 6.45) is 12.5. The Bertz CT molecular complexity index is 2590. The van der Waals surface area contributed by atoms with E-state index in [1.165, 1.54) is 59.2 Å². The maximum absolute atomic E-state index is 13.8. The number of amides is 1. The quantitative estimate of drug-likeness (QED) is 0.103. The van der Waals surface area contributed by atoms with Crippen LogP contribution in [0, 0.1) is 15.5 Å². The minimum absolute atomic E-state index is 0.0708. The van der Waals surface area contributed by atoms with Crippen LogP contribution in [0.3, 0.4) is 0 Å². The number of carbonyl (C=O) groups excluding carboxylic acids is 1. The molecule has 13 nitrogen and oxygen atoms in total. The number of rotatable bonds is 10. The van der Waals surface area contributed by atoms with Crippen molar-refractivity contribution in [2.24, 2.45) is 12.5 Å². The fourth-order valence-electron chi connectivity index (χ4n) is 8.56. The van der Waals surface area contributed by atoms with Crippen molar-refractivity contribution in [1.82, 2.24) is 29.4 Å². The van der Waals surface area contributed by atoms with Gasteiger partial charge in [0, 0.05) is 85.8 Å². The summed E-state index contributed by atoms with van der Waals surface area (Å²) in [5.74, 6) is 0.0303. The second kappa shape index (κ2) is 15.1. The van der Waals surface area contributed by atoms with Gasteiger partial charge in [0.15, 0.2) is 16.5 Å². The zero-order valence-electron chi connectivity index (χ0n) is 31.4. The SMILES string of the molecule is Cn1cc2cc(S(=O)NC(=O)c3ccc(N4CCN(CC5=C(c6ccc(Cl)cc6)CC6(CCC6)CC5)CC4)cc3Oc3cnc4[nH]ccc4c3)cc([N+](=O)[O-])c2n1. The predicted molar refractivity (Wildman–Crippen MR) is 221 cm³/mol. The number of piperazine rings is 1. The number of anilines is 1. The van der Waals surface area contributed by atoms with E-state index < -0.39 is 21.8 Å². The van der Waals surface area contributed by atoms with Gasteiger partial charge in [-0.15, -0.1) is 0 Å². The number of aromatic amines is 1. The maximum atomic E-state index is 13.8. The molecule has 1 amide bonds. The average Bonchev–Trinajstić information content (AvgIpc) is 3.83. The number of halogens is 1. The summed E-state index contributed by atoms with van der Waals surface area (Å²) in [5, 5.41) is 18.0. The summed E-state index contributed by atoms with van der Waals surface area (Å²) >= 11 is 6.27. The molecule has 6 aromatic rings. The third-order valence-corrected chi connectivity index (χ3v) is 13.1. The highest BCUT2D eigenvalue weighted by Crippen LogP contribution is 2.55. The Morgan fingerprint density at radius 1 is 1.04 bits per heavy atom. The molecule has 1 saturated heterocycles. The predicted octanol–water partition coefficient (Wildman–Crippen LogP) is 8.19. The Balaban J connectivity index is 0.947. The summed E-state index contributed by atoms with van der Waals surface area (Å²) in [6.45, 7) is 4.27. The van der Waals surface area contributed by atoms with E-state index in [9.17, 15) is 19.1 Å². The van der Waals surface area contributed by atoms with Crippen molar-refractivity contribution >= 4 is 67.4 Å². The molecule has 3 aromatic carbocycles. The van der Waals surface area contributed by atoms with E-state index in [-0.39, 0.29) is 27.4 Å². The highest BCUT2D eigenvalue weighted by Gasteiger charge is 2.41. The first-order valence-electron chi connectivity index (χ1n) is 19.1. The first kappa shape index (κ1) is 37.0. The lowest BCUT2D eigenvalue weighted by Crippen LogP contribution is -2.47. The van der Waals surface area contributed by atoms with Gasteiger partial charge in [0.25, 0.3) is 11.6 Å². The van der Waals surface area contributed by atoms with Gasteiger partial charge in [-0.05, 0) is 91.1 Å². The van der Waals surface area contributed by atoms with Gasteiger partial charge in [0.05, 0.1) is 21.6 Å². The van der Waals surface area contributed by atoms with Gasteiger partial charge in [-0.3, -0.25) is 29.2 Å². The lowest BCUT2D eigenvalue weighted by molar-refractivity contribution is -0.383. The maximum Gasteiger partial charge on any atom is 0.298 e. The number of nitro benzene ring substituents is 1. The molecule has 1 saturated carbocycles. The molecule has 3 aliphatic rings. The molecular weight excluding hydrogens is 764 g/mol. The second-order valence-corrected chi connectivity index (χ2v) is 17.0. The second-order valence-electron chi connectivity index (χ2n) is 15.4. The number of nitrogens with zero attached hydrogens (tertiary/aromatic N) is 6. The number of hydrogen-bond acceptors (Lipinski definition) is 9. The van der Waals surface area contributed by atoms with E-state index >= 15 is 0 Å². The van der Waals surface area contributed by atoms with E-state index in [1.807, 2.05) is 36.4 Å². The summed E-state index contributed by atoms with van der Waals surface area (Å²) in [7, 11) is -0.482. The van der Waals surface area contributed by atoms with E-state index in [0.29, 0.717) is 22.2 Å². The van der Waals surface area contributed by atoms with E-state index in [0.717, 1.165) is 61.7 Å². The number of fused-ring (bicyclic) bond motifs is 2. The highest BCUT2D eigenvalue weighted by molar-refractivity contribution is 7.83. The van der Waals surface area contributed by atoms with Crippen LogP contribution in [0.2, 0.25) is 5.02 Å². The smallest absolute Gasteiger partial charge is 0.298 e. The van der Waals surface area contributed by atoms with Crippen LogP contribution in [0.25, 0.3) is 27.5 Å². The number of allylic oxidation sites excluding steroid dienone is 1. The molecule has 1 unspecified atom stereocenters. The van der Waals surface area contributed by atoms with Crippen molar-refractivity contribution in [1.29, 1.82) is 0 Å². The Hall–Kier alpha value is -5.57. The monoisotopic (exact) mass is 804 g/mol. The topological polar surface area (TPSA) is 152 Å². The van der Waals surface area contributed by atoms with Gasteiger partial charge in [-0.25, -0.2) is 9.19 Å². The van der Waals surface area contributed by atoms with Crippen LogP contribution in [-0.2, 0) is 18.0 Å². The number of nitrogens with one attached hydrogen (secondary N) is 2. The molecular formula is C42H41ClN8O5S. The third-order valence-electron chi connectivity index (χ3n) is 11.8. The molecule has 1 aliphatic heterocycles. The van der Waals surface area contributed by atoms with Gasteiger partial charge in [0.1, 0.15) is 17.1 Å². The number of carbonyl (C=O) groups is 1. The van der Waals surface area contributed by atoms with Crippen molar-refractivity contribution < 1.29 is 18.7 Å². The number of hydrogen-bond donors (Lipinski definition) is 2. The standard InChI is InChI=1S/C42H41ClN8O5S/c1-48-25-30-20-34(22-37(51(53)54)39(30)46-48)57(55)47-41(52)35-8-7-32(21-38(35)56-33-19-28-10-14-44-40(28)45-24-33)50-17-15-49(16-18-50)26-29-9-13-42(11-2-12-42)23-36(29)27-3-5-31(43)6-4-27/h3-8,10,14,19-22,24-25H,2,9,11-13,15-18,23,26H2,1H3,(H,44,45)(H,47,52). The molecule has 292 valence electrons. The molecule has 3 aromatic heterocycles. The Morgan fingerprint density at radius 2 is 1.84 bits per heavy atom. The summed E-state index contributed by atoms with van der Waals surface area (Å²) in [4.78, 5) is 37.5. The molecule has 9 rings (SSSR count). The molecule has 2 aliphatic carbocycles. The highest BCUT2D eigenvalue weighted by atomic mass is 35.5. The third kappa shape index (κ3) is 7.52. The fourth-order valence-corrected chi connectivity index (χ4v) is 9.54. The molecule has 57 heavy (non-hydrogen) atoms. The number of H-pyrrole nitrogens is 1. The Kier molecular flexibility index (Phi) is 9.79. The number of nitro groups is 1. The van der Waals surface area contributed by atoms with E-state index in [4.69, 9.17) is 16.3 Å². The van der Waals surface area contributed by atoms with Gasteiger partial charge < -0.3 is 14.6 Å². The number of aromatic nitrogens is 4. The van der Waals surface area contributed by atoms with Gasteiger partial charge in [0.2, 0.25) is 0 Å². The van der Waals surface area contributed by atoms with Crippen molar-refractivity contribution in [2.75, 3.05) is 37.6 Å². The molecule has 15 heteroatoms. The van der Waals surface area contributed by atoms with E-state index in [2.05, 4.69) is 41.7 Å². The minimum Gasteiger partial charge on any atom is -0.455 e. The Labute approximate surface area is 336 Å². The normalized spacial score (nSPS) is 17.5. The minimum atomic E-state index is -2.13. The van der Waals surface area contributed by atoms with Gasteiger partial charge in [-0.1, -0.05) is 35.7 Å². The van der Waals surface area contributed by atoms with Crippen molar-refractivity contribution in [3.63, 3.8) is 0 Å². The summed E-state index contributed by atoms with van der Waals surface area (Å²) in [5.41, 5.74) is 6.41. The molecule has 4 heterocycles. The number of aryl methyl sites for hydroxylation is 1. The van der Waals surface area contributed by atoms with Crippen LogP contribution in [0.4, 0.5) is 11.4 Å². The van der Waals surface area contributed by atoms with Crippen LogP contribution < -0.4 is 14.4 Å². The molecule has 0 bridgehead atoms. The Morgan fingerprint density at radius 3 is 2.60 bits per heavy atom. The van der Waals surface area contributed by atoms with Crippen molar-refractivity contribution in [2.45, 2.75) is 43.4 Å². The van der Waals surface area contributed by atoms with Gasteiger partial charge >= 0.3 is 0 Å². The molecule has 2 N–H and O–H groups in total. The number of benzene rings is 3. The van der Waals surface area contributed by atoms with Gasteiger partial charge in [-0.2, -0.15) is 5.10 Å². The zero-order valence-corrected chi connectivity index (χ0v) is 32.9. The molecule has 0 radical (unpaired) electrons. The van der Waals surface area contributed by atoms with Crippen molar-refractivity contribution in [3.05, 3.63) is 117 Å². The van der Waals surface area contributed by atoms with Crippen molar-refractivity contribution in [3.8, 4) is 11.5 Å².